The van der Waals surface area contributed by atoms with E-state index in [0.717, 1.165) is 17.5 Å². The van der Waals surface area contributed by atoms with Crippen molar-refractivity contribution < 1.29 is 14.1 Å². The Kier molecular flexibility index (Phi) is 4.67. The van der Waals surface area contributed by atoms with Crippen LogP contribution in [0.25, 0.3) is 0 Å². The number of nitrogens with zero attached hydrogens (tertiary/aromatic N) is 2. The van der Waals surface area contributed by atoms with E-state index < -0.39 is 4.92 Å². The molecule has 2 aromatic carbocycles. The first-order valence-electron chi connectivity index (χ1n) is 7.46. The van der Waals surface area contributed by atoms with Crippen molar-refractivity contribution in [1.29, 1.82) is 0 Å². The summed E-state index contributed by atoms with van der Waals surface area (Å²) in [7, 11) is 0. The van der Waals surface area contributed by atoms with Crippen LogP contribution >= 0.6 is 11.8 Å². The average molecular weight is 354 g/mol. The Morgan fingerprint density at radius 1 is 1.12 bits per heavy atom. The van der Waals surface area contributed by atoms with Gasteiger partial charge >= 0.3 is 0 Å². The summed E-state index contributed by atoms with van der Waals surface area (Å²) >= 11 is 1.06. The molecule has 0 aliphatic heterocycles. The number of benzene rings is 2. The van der Waals surface area contributed by atoms with Crippen molar-refractivity contribution in [2.45, 2.75) is 24.0 Å². The molecule has 0 bridgehead atoms. The molecule has 0 radical (unpaired) electrons. The molecule has 0 spiro atoms. The summed E-state index contributed by atoms with van der Waals surface area (Å²) in [5.74, 6) is 0.407. The van der Waals surface area contributed by atoms with E-state index in [4.69, 9.17) is 4.42 Å². The van der Waals surface area contributed by atoms with Crippen LogP contribution in [0.3, 0.4) is 0 Å². The van der Waals surface area contributed by atoms with Crippen LogP contribution < -0.4 is 0 Å². The molecule has 1 aromatic heterocycles. The molecule has 0 saturated heterocycles. The number of rotatable bonds is 5. The summed E-state index contributed by atoms with van der Waals surface area (Å²) in [5.41, 5.74) is 1.33. The van der Waals surface area contributed by atoms with Gasteiger partial charge in [-0.3, -0.25) is 14.9 Å². The summed E-state index contributed by atoms with van der Waals surface area (Å²) in [6, 6.07) is 13.1. The van der Waals surface area contributed by atoms with Gasteiger partial charge in [0.25, 0.3) is 10.9 Å². The number of hydrogen-bond donors (Lipinski definition) is 0. The first kappa shape index (κ1) is 16.9. The molecule has 0 N–H and O–H groups in total. The second kappa shape index (κ2) is 6.90. The molecule has 6 nitrogen and oxygen atoms in total. The highest BCUT2D eigenvalue weighted by Crippen LogP contribution is 2.36. The van der Waals surface area contributed by atoms with E-state index in [9.17, 15) is 14.9 Å². The summed E-state index contributed by atoms with van der Waals surface area (Å²) in [4.78, 5) is 28.0. The maximum Gasteiger partial charge on any atom is 0.284 e. The highest BCUT2D eigenvalue weighted by Gasteiger charge is 2.21. The van der Waals surface area contributed by atoms with Crippen molar-refractivity contribution in [3.63, 3.8) is 0 Å². The highest BCUT2D eigenvalue weighted by atomic mass is 32.2. The quantitative estimate of drug-likeness (QED) is 0.379. The minimum absolute atomic E-state index is 0.153. The summed E-state index contributed by atoms with van der Waals surface area (Å²) < 4.78 is 5.46. The van der Waals surface area contributed by atoms with Crippen LogP contribution in [0.4, 0.5) is 5.69 Å². The molecular formula is C18H14N2O4S. The molecule has 3 aromatic rings. The molecule has 0 amide bonds. The SMILES string of the molecule is Cc1nc(Sc2ccc(C(=O)c3ccccc3)cc2[N+](=O)[O-])oc1C. The lowest BCUT2D eigenvalue weighted by Crippen LogP contribution is -2.02. The lowest BCUT2D eigenvalue weighted by Gasteiger charge is -2.04. The fourth-order valence-electron chi connectivity index (χ4n) is 2.22. The van der Waals surface area contributed by atoms with Crippen LogP contribution in [0.5, 0.6) is 0 Å². The fourth-order valence-corrected chi connectivity index (χ4v) is 3.14. The van der Waals surface area contributed by atoms with Gasteiger partial charge in [0.15, 0.2) is 5.78 Å². The molecule has 0 unspecified atom stereocenters. The zero-order valence-electron chi connectivity index (χ0n) is 13.6. The third-order valence-electron chi connectivity index (χ3n) is 3.66. The topological polar surface area (TPSA) is 86.2 Å². The van der Waals surface area contributed by atoms with Crippen LogP contribution in [0.1, 0.15) is 27.4 Å². The minimum atomic E-state index is -0.507. The highest BCUT2D eigenvalue weighted by molar-refractivity contribution is 7.99. The van der Waals surface area contributed by atoms with Gasteiger partial charge in [0.05, 0.1) is 15.5 Å². The predicted octanol–water partition coefficient (Wildman–Crippen LogP) is 4.58. The van der Waals surface area contributed by atoms with Gasteiger partial charge in [0.1, 0.15) is 5.76 Å². The van der Waals surface area contributed by atoms with Crippen LogP contribution in [-0.2, 0) is 0 Å². The first-order valence-corrected chi connectivity index (χ1v) is 8.27. The largest absolute Gasteiger partial charge is 0.436 e. The van der Waals surface area contributed by atoms with Crippen LogP contribution in [-0.4, -0.2) is 15.7 Å². The number of carbonyl (C=O) groups excluding carboxylic acids is 1. The molecule has 7 heteroatoms. The van der Waals surface area contributed by atoms with E-state index in [-0.39, 0.29) is 17.0 Å². The maximum atomic E-state index is 12.5. The Hall–Kier alpha value is -2.93. The van der Waals surface area contributed by atoms with Crippen molar-refractivity contribution in [2.24, 2.45) is 0 Å². The number of aromatic nitrogens is 1. The molecule has 0 aliphatic rings. The van der Waals surface area contributed by atoms with Gasteiger partial charge in [-0.15, -0.1) is 0 Å². The molecule has 0 fully saturated rings. The predicted molar refractivity (Wildman–Crippen MR) is 93.1 cm³/mol. The Morgan fingerprint density at radius 3 is 2.44 bits per heavy atom. The van der Waals surface area contributed by atoms with Crippen LogP contribution in [0.15, 0.2) is 63.1 Å². The Morgan fingerprint density at radius 2 is 1.84 bits per heavy atom. The van der Waals surface area contributed by atoms with Crippen molar-refractivity contribution in [3.8, 4) is 0 Å². The van der Waals surface area contributed by atoms with E-state index in [1.807, 2.05) is 0 Å². The normalized spacial score (nSPS) is 10.6. The first-order chi connectivity index (χ1) is 12.0. The van der Waals surface area contributed by atoms with Gasteiger partial charge in [0, 0.05) is 17.2 Å². The Bertz CT molecular complexity index is 931. The molecular weight excluding hydrogens is 340 g/mol. The number of hydrogen-bond acceptors (Lipinski definition) is 6. The Balaban J connectivity index is 1.96. The monoisotopic (exact) mass is 354 g/mol. The molecule has 126 valence electrons. The molecule has 25 heavy (non-hydrogen) atoms. The second-order valence-corrected chi connectivity index (χ2v) is 6.35. The minimum Gasteiger partial charge on any atom is -0.436 e. The van der Waals surface area contributed by atoms with E-state index >= 15 is 0 Å². The number of aryl methyl sites for hydroxylation is 2. The van der Waals surface area contributed by atoms with E-state index in [1.54, 1.807) is 56.3 Å². The van der Waals surface area contributed by atoms with Crippen molar-refractivity contribution in [2.75, 3.05) is 0 Å². The summed E-state index contributed by atoms with van der Waals surface area (Å²) in [6.45, 7) is 3.58. The van der Waals surface area contributed by atoms with Crippen molar-refractivity contribution in [3.05, 3.63) is 81.2 Å². The van der Waals surface area contributed by atoms with E-state index in [0.29, 0.717) is 21.4 Å². The number of nitro groups is 1. The van der Waals surface area contributed by atoms with E-state index in [2.05, 4.69) is 4.98 Å². The lowest BCUT2D eigenvalue weighted by atomic mass is 10.0. The van der Waals surface area contributed by atoms with Gasteiger partial charge in [-0.1, -0.05) is 30.3 Å². The standard InChI is InChI=1S/C18H14N2O4S/c1-11-12(2)24-18(19-11)25-16-9-8-14(10-15(16)20(22)23)17(21)13-6-4-3-5-7-13/h3-10H,1-2H3. The zero-order valence-corrected chi connectivity index (χ0v) is 14.4. The number of carbonyl (C=O) groups is 1. The average Bonchev–Trinajstić information content (AvgIpc) is 2.92. The number of ketones is 1. The van der Waals surface area contributed by atoms with Crippen molar-refractivity contribution >= 4 is 23.2 Å². The smallest absolute Gasteiger partial charge is 0.284 e. The fraction of sp³-hybridized carbons (Fsp3) is 0.111. The lowest BCUT2D eigenvalue weighted by molar-refractivity contribution is -0.387. The van der Waals surface area contributed by atoms with Gasteiger partial charge in [0.2, 0.25) is 0 Å². The molecule has 3 rings (SSSR count). The van der Waals surface area contributed by atoms with Crippen molar-refractivity contribution in [1.82, 2.24) is 4.98 Å². The van der Waals surface area contributed by atoms with Gasteiger partial charge < -0.3 is 4.42 Å². The molecule has 1 heterocycles. The van der Waals surface area contributed by atoms with E-state index in [1.165, 1.54) is 6.07 Å². The third kappa shape index (κ3) is 3.61. The van der Waals surface area contributed by atoms with Gasteiger partial charge in [-0.05, 0) is 37.7 Å². The van der Waals surface area contributed by atoms with Gasteiger partial charge in [-0.2, -0.15) is 0 Å². The molecule has 0 aliphatic carbocycles. The maximum absolute atomic E-state index is 12.5. The molecule has 0 saturated carbocycles. The third-order valence-corrected chi connectivity index (χ3v) is 4.57. The van der Waals surface area contributed by atoms with Gasteiger partial charge in [-0.25, -0.2) is 4.98 Å². The summed E-state index contributed by atoms with van der Waals surface area (Å²) in [5, 5.41) is 11.8. The summed E-state index contributed by atoms with van der Waals surface area (Å²) in [6.07, 6.45) is 0. The zero-order chi connectivity index (χ0) is 18.0. The Labute approximate surface area is 148 Å². The second-order valence-electron chi connectivity index (χ2n) is 5.36. The number of oxazole rings is 1. The van der Waals surface area contributed by atoms with Crippen LogP contribution in [0, 0.1) is 24.0 Å². The number of nitro benzene ring substituents is 1. The van der Waals surface area contributed by atoms with Crippen LogP contribution in [0.2, 0.25) is 0 Å². The molecule has 0 atom stereocenters.